The van der Waals surface area contributed by atoms with Gasteiger partial charge in [-0.25, -0.2) is 0 Å². The molecule has 6 heteroatoms. The molecule has 0 amide bonds. The molecule has 84 valence electrons. The first-order valence-electron chi connectivity index (χ1n) is 4.80. The predicted octanol–water partition coefficient (Wildman–Crippen LogP) is 2.41. The molecule has 0 saturated heterocycles. The van der Waals surface area contributed by atoms with Crippen LogP contribution in [0.15, 0.2) is 12.2 Å². The maximum absolute atomic E-state index is 12.7. The monoisotopic (exact) mass is 221 g/mol. The molecule has 1 fully saturated rings. The Kier molecular flexibility index (Phi) is 2.24. The smallest absolute Gasteiger partial charge is 0.264 e. The van der Waals surface area contributed by atoms with Crippen LogP contribution in [0.25, 0.3) is 0 Å². The van der Waals surface area contributed by atoms with E-state index >= 15 is 0 Å². The van der Waals surface area contributed by atoms with Gasteiger partial charge in [0.2, 0.25) is 6.04 Å². The lowest BCUT2D eigenvalue weighted by atomic mass is 9.65. The lowest BCUT2D eigenvalue weighted by molar-refractivity contribution is -0.555. The summed E-state index contributed by atoms with van der Waals surface area (Å²) >= 11 is 0. The molecular formula is C9H10F3NO2. The number of rotatable bonds is 1. The molecule has 2 bridgehead atoms. The molecule has 0 unspecified atom stereocenters. The van der Waals surface area contributed by atoms with Crippen molar-refractivity contribution in [2.75, 3.05) is 0 Å². The van der Waals surface area contributed by atoms with Crippen LogP contribution in [-0.4, -0.2) is 17.1 Å². The van der Waals surface area contributed by atoms with Gasteiger partial charge < -0.3 is 0 Å². The molecule has 0 spiro atoms. The number of nitrogens with zero attached hydrogens (tertiary/aromatic N) is 1. The summed E-state index contributed by atoms with van der Waals surface area (Å²) in [7, 11) is 0. The first kappa shape index (κ1) is 10.4. The Morgan fingerprint density at radius 2 is 1.73 bits per heavy atom. The first-order valence-corrected chi connectivity index (χ1v) is 4.80. The second-order valence-electron chi connectivity index (χ2n) is 4.13. The van der Waals surface area contributed by atoms with E-state index in [0.29, 0.717) is 12.8 Å². The average molecular weight is 221 g/mol. The number of hydrogen-bond donors (Lipinski definition) is 0. The van der Waals surface area contributed by atoms with Gasteiger partial charge in [-0.1, -0.05) is 12.2 Å². The Bertz CT molecular complexity index is 313. The van der Waals surface area contributed by atoms with Crippen LogP contribution in [-0.2, 0) is 0 Å². The number of fused-ring (bicyclic) bond motifs is 2. The molecule has 3 aliphatic rings. The topological polar surface area (TPSA) is 43.1 Å². The van der Waals surface area contributed by atoms with E-state index < -0.39 is 34.9 Å². The van der Waals surface area contributed by atoms with Gasteiger partial charge in [-0.15, -0.1) is 0 Å². The molecule has 0 aliphatic heterocycles. The Morgan fingerprint density at radius 3 is 2.07 bits per heavy atom. The third-order valence-electron chi connectivity index (χ3n) is 3.33. The molecule has 3 aliphatic carbocycles. The van der Waals surface area contributed by atoms with Gasteiger partial charge in [0, 0.05) is 10.8 Å². The number of hydrogen-bond acceptors (Lipinski definition) is 2. The molecule has 0 aromatic carbocycles. The molecule has 3 nitrogen and oxygen atoms in total. The highest BCUT2D eigenvalue weighted by molar-refractivity contribution is 5.11. The second-order valence-corrected chi connectivity index (χ2v) is 4.13. The van der Waals surface area contributed by atoms with Crippen molar-refractivity contribution >= 4 is 0 Å². The molecule has 3 rings (SSSR count). The van der Waals surface area contributed by atoms with Crippen molar-refractivity contribution in [1.82, 2.24) is 0 Å². The maximum atomic E-state index is 12.7. The van der Waals surface area contributed by atoms with E-state index in [1.165, 1.54) is 6.08 Å². The highest BCUT2D eigenvalue weighted by Gasteiger charge is 2.59. The van der Waals surface area contributed by atoms with Crippen LogP contribution in [0.1, 0.15) is 12.8 Å². The SMILES string of the molecule is O=[N+]([O-])[C@H]1[C@H](C(F)(F)F)[C@@H]2C=C[C@H]1CC2. The minimum atomic E-state index is -4.47. The molecule has 0 aromatic heterocycles. The van der Waals surface area contributed by atoms with Crippen LogP contribution in [0.2, 0.25) is 0 Å². The van der Waals surface area contributed by atoms with Gasteiger partial charge in [0.1, 0.15) is 5.92 Å². The maximum Gasteiger partial charge on any atom is 0.398 e. The summed E-state index contributed by atoms with van der Waals surface area (Å²) in [5, 5.41) is 10.7. The zero-order chi connectivity index (χ0) is 11.2. The van der Waals surface area contributed by atoms with Crippen molar-refractivity contribution in [2.24, 2.45) is 17.8 Å². The van der Waals surface area contributed by atoms with E-state index in [0.717, 1.165) is 0 Å². The first-order chi connectivity index (χ1) is 6.91. The van der Waals surface area contributed by atoms with Crippen molar-refractivity contribution < 1.29 is 18.1 Å². The minimum absolute atomic E-state index is 0.412. The number of halogens is 3. The summed E-state index contributed by atoms with van der Waals surface area (Å²) in [4.78, 5) is 9.91. The van der Waals surface area contributed by atoms with Crippen molar-refractivity contribution in [2.45, 2.75) is 25.1 Å². The summed E-state index contributed by atoms with van der Waals surface area (Å²) in [6.45, 7) is 0. The van der Waals surface area contributed by atoms with Gasteiger partial charge in [-0.2, -0.15) is 13.2 Å². The minimum Gasteiger partial charge on any atom is -0.264 e. The van der Waals surface area contributed by atoms with Crippen molar-refractivity contribution in [3.8, 4) is 0 Å². The van der Waals surface area contributed by atoms with E-state index in [4.69, 9.17) is 0 Å². The van der Waals surface area contributed by atoms with Crippen LogP contribution in [0, 0.1) is 27.9 Å². The third-order valence-corrected chi connectivity index (χ3v) is 3.33. The lowest BCUT2D eigenvalue weighted by Gasteiger charge is -2.40. The van der Waals surface area contributed by atoms with E-state index in [-0.39, 0.29) is 0 Å². The van der Waals surface area contributed by atoms with Gasteiger partial charge in [0.05, 0.1) is 0 Å². The molecule has 1 saturated carbocycles. The number of nitro groups is 1. The molecule has 0 radical (unpaired) electrons. The number of allylic oxidation sites excluding steroid dienone is 1. The quantitative estimate of drug-likeness (QED) is 0.387. The fourth-order valence-electron chi connectivity index (χ4n) is 2.69. The summed E-state index contributed by atoms with van der Waals surface area (Å²) in [5.74, 6) is -3.04. The van der Waals surface area contributed by atoms with E-state index in [1.54, 1.807) is 6.08 Å². The van der Waals surface area contributed by atoms with Crippen LogP contribution < -0.4 is 0 Å². The molecule has 0 aromatic rings. The Hall–Kier alpha value is -1.07. The van der Waals surface area contributed by atoms with Gasteiger partial charge in [0.25, 0.3) is 0 Å². The normalized spacial score (nSPS) is 39.4. The molecule has 4 atom stereocenters. The van der Waals surface area contributed by atoms with Crippen molar-refractivity contribution in [3.05, 3.63) is 22.3 Å². The van der Waals surface area contributed by atoms with E-state index in [1.807, 2.05) is 0 Å². The Balaban J connectivity index is 2.35. The molecule has 15 heavy (non-hydrogen) atoms. The van der Waals surface area contributed by atoms with Gasteiger partial charge in [-0.05, 0) is 18.8 Å². The fraction of sp³-hybridized carbons (Fsp3) is 0.778. The molecule has 0 heterocycles. The van der Waals surface area contributed by atoms with Crippen LogP contribution in [0.3, 0.4) is 0 Å². The van der Waals surface area contributed by atoms with E-state index in [9.17, 15) is 23.3 Å². The van der Waals surface area contributed by atoms with Gasteiger partial charge in [0.15, 0.2) is 0 Å². The largest absolute Gasteiger partial charge is 0.398 e. The third kappa shape index (κ3) is 1.61. The van der Waals surface area contributed by atoms with Crippen molar-refractivity contribution in [1.29, 1.82) is 0 Å². The standard InChI is InChI=1S/C9H10F3NO2/c10-9(11,12)7-5-1-3-6(4-2-5)8(7)13(14)15/h1,3,5-8H,2,4H2/t5-,6+,7-,8-/m1/s1. The zero-order valence-corrected chi connectivity index (χ0v) is 7.78. The zero-order valence-electron chi connectivity index (χ0n) is 7.78. The summed E-state index contributed by atoms with van der Waals surface area (Å²) < 4.78 is 38.0. The summed E-state index contributed by atoms with van der Waals surface area (Å²) in [6, 6.07) is -1.48. The highest BCUT2D eigenvalue weighted by Crippen LogP contribution is 2.48. The second kappa shape index (κ2) is 3.21. The summed E-state index contributed by atoms with van der Waals surface area (Å²) in [6.07, 6.45) is -0.489. The van der Waals surface area contributed by atoms with Gasteiger partial charge in [-0.3, -0.25) is 10.1 Å². The fourth-order valence-corrected chi connectivity index (χ4v) is 2.69. The van der Waals surface area contributed by atoms with Crippen LogP contribution in [0.4, 0.5) is 13.2 Å². The van der Waals surface area contributed by atoms with E-state index in [2.05, 4.69) is 0 Å². The summed E-state index contributed by atoms with van der Waals surface area (Å²) in [5.41, 5.74) is 0. The average Bonchev–Trinajstić information content (AvgIpc) is 2.16. The molecular weight excluding hydrogens is 211 g/mol. The number of alkyl halides is 3. The lowest BCUT2D eigenvalue weighted by Crippen LogP contribution is -2.52. The Morgan fingerprint density at radius 1 is 1.20 bits per heavy atom. The predicted molar refractivity (Wildman–Crippen MR) is 45.7 cm³/mol. The molecule has 0 N–H and O–H groups in total. The Labute approximate surface area is 84.1 Å². The van der Waals surface area contributed by atoms with Gasteiger partial charge >= 0.3 is 6.18 Å². The van der Waals surface area contributed by atoms with Crippen LogP contribution in [0.5, 0.6) is 0 Å². The highest BCUT2D eigenvalue weighted by atomic mass is 19.4. The van der Waals surface area contributed by atoms with Crippen LogP contribution >= 0.6 is 0 Å². The van der Waals surface area contributed by atoms with Crippen molar-refractivity contribution in [3.63, 3.8) is 0 Å².